The molecule has 13 saturated heterocycles. The number of likely N-dealkylation sites (N-methyl/N-ethyl adjacent to an activating group) is 12. The van der Waals surface area contributed by atoms with Crippen LogP contribution in [0.4, 0.5) is 57.5 Å². The van der Waals surface area contributed by atoms with E-state index in [1.54, 1.807) is 0 Å². The Hall–Kier alpha value is -8.80. The first kappa shape index (κ1) is 51.0. The third-order valence-corrected chi connectivity index (χ3v) is 18.6. The molecule has 79 heavy (non-hydrogen) atoms. The van der Waals surface area contributed by atoms with E-state index in [-0.39, 0.29) is 5.48 Å². The third kappa shape index (κ3) is 5.85. The number of rotatable bonds is 0. The first-order chi connectivity index (χ1) is 36.8. The molecule has 0 aliphatic carbocycles. The van der Waals surface area contributed by atoms with Gasteiger partial charge in [-0.3, -0.25) is 58.8 Å². The number of carbonyl (C=O) groups is 12. The van der Waals surface area contributed by atoms with Crippen LogP contribution >= 0.6 is 0 Å². The van der Waals surface area contributed by atoms with Gasteiger partial charge in [0.05, 0.1) is 0 Å². The van der Waals surface area contributed by atoms with Gasteiger partial charge in [-0.05, 0) is 0 Å². The van der Waals surface area contributed by atoms with Crippen LogP contribution in [0, 0.1) is 0 Å². The predicted molar refractivity (Wildman–Crippen MR) is 258 cm³/mol. The molecule has 13 heterocycles. The van der Waals surface area contributed by atoms with E-state index in [4.69, 9.17) is 0 Å². The standard InChI is InChI=1S/C42H60N24O12.H2O/c1-43-19-20(44(2)31(43)67)56-14-58-23-24(48(6)33(69)47(23)5)60(39(58)75)16-62-27-28(52(10)35(71)51(27)9)64(41(62)77)18-66-30-29(53(11)36(72)54(30)12)65(42(66)78)17-63-26-25(49(7)34(70)50(26)8)61(40(63)76)15-59-22-21(45(3)32(68)46(22)4)57(38(59)74)13-55(19)37(56)73;/h19-30H,13-18H2,1-12H3;1H2/t19-,20+,21-,22+,23+,24-,25+,26-,27-,28+,29-,30+;. The molecule has 13 aliphatic heterocycles. The van der Waals surface area contributed by atoms with Gasteiger partial charge in [-0.15, -0.1) is 0 Å². The molecule has 12 atom stereocenters. The van der Waals surface area contributed by atoms with Gasteiger partial charge in [-0.2, -0.15) is 0 Å². The zero-order chi connectivity index (χ0) is 56.0. The molecule has 0 aromatic rings. The second-order valence-corrected chi connectivity index (χ2v) is 22.2. The minimum Gasteiger partial charge on any atom is -0.412 e. The number of urea groups is 12. The summed E-state index contributed by atoms with van der Waals surface area (Å²) in [5.41, 5.74) is 0. The molecule has 37 nitrogen and oxygen atoms in total. The molecular formula is C42H62N24O13. The monoisotopic (exact) mass is 1110 g/mol. The fourth-order valence-electron chi connectivity index (χ4n) is 14.8. The van der Waals surface area contributed by atoms with Crippen LogP contribution in [0.15, 0.2) is 0 Å². The van der Waals surface area contributed by atoms with Crippen LogP contribution in [0.25, 0.3) is 0 Å². The zero-order valence-corrected chi connectivity index (χ0v) is 45.3. The lowest BCUT2D eigenvalue weighted by atomic mass is 10.3. The minimum atomic E-state index is -1.08. The Labute approximate surface area is 450 Å². The SMILES string of the molecule is CN1C(=O)N(C)[C@@H]2[C@H]1N1CN3C(=O)N(CN4C(=O)N(CN5C(=O)N(CN6C(=O)N(CN7C(=O)N(CN2C1=O)[C@H]1[C@@H]7N(C)C(=O)N1C)[C@@H]1[C@H]6N(C)C(=O)N1C)[C@H]1[C@@H]5N(C)C(=O)N1C)[C@@H]1[C@H]4N(C)C(=O)N1C)[C@H]1[C@@H]3N(C)C(=O)N1C.O. The second-order valence-electron chi connectivity index (χ2n) is 22.2. The Kier molecular flexibility index (Phi) is 10.4. The predicted octanol–water partition coefficient (Wildman–Crippen LogP) is -4.76. The molecule has 0 aromatic carbocycles. The van der Waals surface area contributed by atoms with E-state index in [0.29, 0.717) is 0 Å². The van der Waals surface area contributed by atoms with Crippen LogP contribution in [0.3, 0.4) is 0 Å². The molecule has 0 radical (unpaired) electrons. The normalized spacial score (nSPS) is 35.4. The summed E-state index contributed by atoms with van der Waals surface area (Å²) in [5.74, 6) is 0. The van der Waals surface area contributed by atoms with Crippen molar-refractivity contribution in [2.24, 2.45) is 0 Å². The molecule has 13 aliphatic rings. The highest BCUT2D eigenvalue weighted by Crippen LogP contribution is 2.45. The Morgan fingerprint density at radius 3 is 0.329 bits per heavy atom. The third-order valence-electron chi connectivity index (χ3n) is 18.6. The highest BCUT2D eigenvalue weighted by atomic mass is 16.2. The van der Waals surface area contributed by atoms with Gasteiger partial charge in [0.15, 0.2) is 74.0 Å². The second kappa shape index (κ2) is 16.1. The highest BCUT2D eigenvalue weighted by molar-refractivity contribution is 5.92. The van der Waals surface area contributed by atoms with E-state index in [1.165, 1.54) is 202 Å². The molecule has 13 fully saturated rings. The quantitative estimate of drug-likeness (QED) is 0.221. The van der Waals surface area contributed by atoms with Crippen molar-refractivity contribution >= 4 is 72.4 Å². The number of amides is 24. The molecule has 2 N–H and O–H groups in total. The van der Waals surface area contributed by atoms with Crippen molar-refractivity contribution in [2.75, 3.05) is 125 Å². The molecule has 37 heteroatoms. The Balaban J connectivity index is 0.00000623. The summed E-state index contributed by atoms with van der Waals surface area (Å²) in [4.78, 5) is 207. The van der Waals surface area contributed by atoms with Gasteiger partial charge in [0, 0.05) is 84.6 Å². The first-order valence-electron chi connectivity index (χ1n) is 25.2. The van der Waals surface area contributed by atoms with Crippen LogP contribution in [-0.2, 0) is 0 Å². The maximum atomic E-state index is 15.3. The van der Waals surface area contributed by atoms with Crippen LogP contribution in [0.5, 0.6) is 0 Å². The van der Waals surface area contributed by atoms with Gasteiger partial charge in [0.1, 0.15) is 40.0 Å². The van der Waals surface area contributed by atoms with Crippen molar-refractivity contribution in [3.63, 3.8) is 0 Å². The summed E-state index contributed by atoms with van der Waals surface area (Å²) >= 11 is 0. The number of carbonyl (C=O) groups excluding carboxylic acids is 12. The van der Waals surface area contributed by atoms with E-state index in [9.17, 15) is 28.8 Å². The maximum absolute atomic E-state index is 15.3. The maximum Gasteiger partial charge on any atom is 0.326 e. The lowest BCUT2D eigenvalue weighted by Crippen LogP contribution is -2.56. The number of nitrogens with zero attached hydrogens (tertiary/aromatic N) is 24. The molecular weight excluding hydrogens is 1050 g/mol. The molecule has 13 rings (SSSR count). The molecule has 24 amide bonds. The van der Waals surface area contributed by atoms with Crippen LogP contribution in [0.2, 0.25) is 0 Å². The summed E-state index contributed by atoms with van der Waals surface area (Å²) < 4.78 is 0. The van der Waals surface area contributed by atoms with Gasteiger partial charge in [0.2, 0.25) is 0 Å². The van der Waals surface area contributed by atoms with E-state index >= 15 is 28.8 Å². The van der Waals surface area contributed by atoms with Crippen molar-refractivity contribution in [1.82, 2.24) is 118 Å². The Bertz CT molecular complexity index is 2230. The first-order valence-corrected chi connectivity index (χ1v) is 25.2. The van der Waals surface area contributed by atoms with E-state index in [0.717, 1.165) is 0 Å². The van der Waals surface area contributed by atoms with Gasteiger partial charge in [-0.1, -0.05) is 0 Å². The molecule has 428 valence electrons. The van der Waals surface area contributed by atoms with Crippen LogP contribution in [-0.4, -0.2) is 394 Å². The van der Waals surface area contributed by atoms with Crippen molar-refractivity contribution < 1.29 is 63.0 Å². The summed E-state index contributed by atoms with van der Waals surface area (Å²) in [5, 5.41) is 0. The van der Waals surface area contributed by atoms with Gasteiger partial charge in [0.25, 0.3) is 0 Å². The number of hydrogen-bond donors (Lipinski definition) is 0. The summed E-state index contributed by atoms with van der Waals surface area (Å²) in [7, 11) is 17.8. The van der Waals surface area contributed by atoms with Crippen molar-refractivity contribution in [1.29, 1.82) is 0 Å². The van der Waals surface area contributed by atoms with Crippen molar-refractivity contribution in [3.05, 3.63) is 0 Å². The van der Waals surface area contributed by atoms with Gasteiger partial charge < -0.3 is 64.3 Å². The van der Waals surface area contributed by atoms with Gasteiger partial charge in [-0.25, -0.2) is 57.5 Å². The van der Waals surface area contributed by atoms with Crippen LogP contribution < -0.4 is 0 Å². The largest absolute Gasteiger partial charge is 0.412 e. The lowest BCUT2D eigenvalue weighted by molar-refractivity contribution is 0.0596. The number of hydrogen-bond acceptors (Lipinski definition) is 12. The van der Waals surface area contributed by atoms with Crippen LogP contribution in [0.1, 0.15) is 0 Å². The van der Waals surface area contributed by atoms with Crippen molar-refractivity contribution in [3.8, 4) is 0 Å². The molecule has 0 aromatic heterocycles. The molecule has 0 saturated carbocycles. The topological polar surface area (TPSA) is 314 Å². The van der Waals surface area contributed by atoms with Crippen molar-refractivity contribution in [2.45, 2.75) is 74.0 Å². The van der Waals surface area contributed by atoms with E-state index in [2.05, 4.69) is 0 Å². The lowest BCUT2D eigenvalue weighted by Gasteiger charge is -2.35. The fourth-order valence-corrected chi connectivity index (χ4v) is 14.8. The van der Waals surface area contributed by atoms with Gasteiger partial charge >= 0.3 is 72.4 Å². The van der Waals surface area contributed by atoms with E-state index < -0.39 is 186 Å². The molecule has 0 unspecified atom stereocenters. The summed E-state index contributed by atoms with van der Waals surface area (Å²) in [6.45, 7) is -3.09. The van der Waals surface area contributed by atoms with E-state index in [1.807, 2.05) is 0 Å². The number of fused-ring (bicyclic) bond motifs is 30. The minimum absolute atomic E-state index is 0. The zero-order valence-electron chi connectivity index (χ0n) is 45.3. The average molecular weight is 1110 g/mol. The smallest absolute Gasteiger partial charge is 0.326 e. The Morgan fingerprint density at radius 1 is 0.177 bits per heavy atom. The fraction of sp³-hybridized carbons (Fsp3) is 0.714. The summed E-state index contributed by atoms with van der Waals surface area (Å²) in [6.07, 6.45) is -13.0. The molecule has 0 spiro atoms. The molecule has 12 bridgehead atoms. The summed E-state index contributed by atoms with van der Waals surface area (Å²) in [6, 6.07) is -7.36. The Morgan fingerprint density at radius 2 is 0.253 bits per heavy atom. The highest BCUT2D eigenvalue weighted by Gasteiger charge is 2.69. The average Bonchev–Trinajstić information content (AvgIpc) is 4.41.